The lowest BCUT2D eigenvalue weighted by Crippen LogP contribution is -2.40. The molecule has 17 rings (SSSR count). The van der Waals surface area contributed by atoms with Crippen LogP contribution in [0.1, 0.15) is 277 Å². The van der Waals surface area contributed by atoms with Crippen LogP contribution in [-0.2, 0) is 50.0 Å². The van der Waals surface area contributed by atoms with Crippen LogP contribution in [0.5, 0.6) is 69.0 Å². The molecule has 770 valence electrons. The number of nitriles is 1. The van der Waals surface area contributed by atoms with Gasteiger partial charge in [-0.15, -0.1) is 0 Å². The minimum atomic E-state index is -0.957. The first-order valence-electron chi connectivity index (χ1n) is 51.1. The van der Waals surface area contributed by atoms with Crippen molar-refractivity contribution in [2.24, 2.45) is 23.3 Å². The zero-order chi connectivity index (χ0) is 101. The Morgan fingerprint density at radius 2 is 0.738 bits per heavy atom. The lowest BCUT2D eigenvalue weighted by Gasteiger charge is -2.33. The van der Waals surface area contributed by atoms with Crippen LogP contribution >= 0.6 is 0 Å². The third-order valence-electron chi connectivity index (χ3n) is 29.2. The summed E-state index contributed by atoms with van der Waals surface area (Å²) in [6.07, 6.45) is 33.3. The fraction of sp³-hybridized carbons (Fsp3) is 0.604. The molecule has 7 saturated carbocycles. The second kappa shape index (κ2) is 52.8. The summed E-state index contributed by atoms with van der Waals surface area (Å²) in [6, 6.07) is 37.7. The third-order valence-corrected chi connectivity index (χ3v) is 29.2. The Labute approximate surface area is 833 Å². The number of rotatable bonds is 27. The van der Waals surface area contributed by atoms with Gasteiger partial charge in [-0.1, -0.05) is 36.4 Å². The molecule has 141 heavy (non-hydrogen) atoms. The van der Waals surface area contributed by atoms with Gasteiger partial charge in [-0.25, -0.2) is 14.4 Å². The van der Waals surface area contributed by atoms with E-state index in [4.69, 9.17) is 87.3 Å². The lowest BCUT2D eigenvalue weighted by molar-refractivity contribution is -0.151. The van der Waals surface area contributed by atoms with Gasteiger partial charge in [0.25, 0.3) is 0 Å². The molecule has 11 fully saturated rings. The Balaban J connectivity index is 0.000000152. The van der Waals surface area contributed by atoms with Crippen LogP contribution in [0.4, 0.5) is 14.4 Å². The molecule has 4 saturated heterocycles. The number of hydrogen-bond acceptors (Lipinski definition) is 25. The van der Waals surface area contributed by atoms with Gasteiger partial charge in [0.15, 0.2) is 69.0 Å². The quantitative estimate of drug-likeness (QED) is 0.0275. The van der Waals surface area contributed by atoms with Crippen LogP contribution in [-0.4, -0.2) is 227 Å². The predicted molar refractivity (Wildman–Crippen MR) is 535 cm³/mol. The highest BCUT2D eigenvalue weighted by Gasteiger charge is 2.47. The number of ether oxygens (including phenoxy) is 16. The van der Waals surface area contributed by atoms with Gasteiger partial charge >= 0.3 is 30.2 Å². The van der Waals surface area contributed by atoms with Gasteiger partial charge in [0.2, 0.25) is 5.91 Å². The molecule has 7 atom stereocenters. The summed E-state index contributed by atoms with van der Waals surface area (Å²) >= 11 is 0. The van der Waals surface area contributed by atoms with Gasteiger partial charge < -0.3 is 107 Å². The minimum Gasteiger partial charge on any atom is -0.493 e. The number of methoxy groups -OCH3 is 9. The monoisotopic (exact) mass is 1950 g/mol. The minimum absolute atomic E-state index is 0.00152. The molecule has 4 N–H and O–H groups in total. The fourth-order valence-electron chi connectivity index (χ4n) is 21.2. The normalized spacial score (nSPS) is 22.0. The van der Waals surface area contributed by atoms with E-state index in [-0.39, 0.29) is 60.9 Å². The Morgan fingerprint density at radius 1 is 0.390 bits per heavy atom. The molecule has 6 aromatic rings. The first kappa shape index (κ1) is 108. The van der Waals surface area contributed by atoms with Crippen LogP contribution in [0.2, 0.25) is 0 Å². The van der Waals surface area contributed by atoms with Crippen molar-refractivity contribution >= 4 is 41.8 Å². The molecule has 4 heterocycles. The second-order valence-corrected chi connectivity index (χ2v) is 39.9. The van der Waals surface area contributed by atoms with Crippen LogP contribution in [0.3, 0.4) is 0 Å². The Hall–Kier alpha value is -11.7. The molecule has 4 aliphatic heterocycles. The highest BCUT2D eigenvalue weighted by molar-refractivity contribution is 6.00. The van der Waals surface area contributed by atoms with Crippen molar-refractivity contribution in [1.29, 1.82) is 5.26 Å². The van der Waals surface area contributed by atoms with Gasteiger partial charge in [-0.2, -0.15) is 5.26 Å². The maximum absolute atomic E-state index is 12.6. The van der Waals surface area contributed by atoms with E-state index in [2.05, 4.69) is 48.5 Å². The summed E-state index contributed by atoms with van der Waals surface area (Å²) in [6.45, 7) is 12.9. The number of nitrogens with two attached hydrogens (primary N) is 2. The van der Waals surface area contributed by atoms with Gasteiger partial charge in [-0.05, 0) is 326 Å². The standard InChI is InChI=1S/C23H33NO6.C21H25NO5.C18H25NO4.C18H25NO3.C17H24N2O3.C14H21NO2/c1-23(2,3)30-22(26)24-13-17(18(14-24)21(25)28-5)15-10-11-19(27-4)20(12-15)29-16-8-6-7-9-16;1-25-18-8-7-14(11-19(18)27-15-5-3-4-6-15)21(13-22)10-9-16(17(23)12-21)20(24)26-2;1-21-16-8-7-13(11-17(16)23-15-5-3-4-6-15)14-9-10-19(12-14)18(20)22-2;1-13(20)19-10-9-15(12-19)14-7-8-17(21-2)18(11-14)22-16-5-3-4-6-16;1-21-15-7-6-12(13-8-9-19(11-13)17(18)20)10-16(15)22-14-4-2-3-5-14;1-16-13-7-6-11(8-9-15)10-14(13)17-12-4-2-3-5-12/h10-12,16-18H,6-9,13-14H2,1-5H3;7-8,11,15-16H,3-6,9-10,12H2,1-2H3;7-8,11,14-15H,3-6,9-10,12H2,1-2H3;7-8,11,15-16H,3-6,9-10,12H2,1-2H3;6-7,10,13-14H,2-5,8-9,11H2,1H3,(H2,18,20);6-7,10,12H,2-5,8-9,15H2,1H3. The molecular weight excluding hydrogens is 1800 g/mol. The van der Waals surface area contributed by atoms with Crippen molar-refractivity contribution in [2.45, 2.75) is 298 Å². The van der Waals surface area contributed by atoms with Crippen LogP contribution < -0.4 is 68.3 Å². The average molecular weight is 1950 g/mol. The molecule has 5 amide bonds. The van der Waals surface area contributed by atoms with Crippen molar-refractivity contribution in [1.82, 2.24) is 19.6 Å². The number of primary amides is 1. The Morgan fingerprint density at radius 3 is 1.08 bits per heavy atom. The smallest absolute Gasteiger partial charge is 0.410 e. The number of benzene rings is 6. The van der Waals surface area contributed by atoms with E-state index >= 15 is 0 Å². The summed E-state index contributed by atoms with van der Waals surface area (Å²) in [4.78, 5) is 90.8. The number of ketones is 1. The van der Waals surface area contributed by atoms with E-state index in [1.54, 1.807) is 70.3 Å². The van der Waals surface area contributed by atoms with E-state index in [9.17, 15) is 38.8 Å². The number of carbonyl (C=O) groups is 7. The van der Waals surface area contributed by atoms with Crippen LogP contribution in [0.25, 0.3) is 0 Å². The van der Waals surface area contributed by atoms with E-state index in [1.165, 1.54) is 108 Å². The average Bonchev–Trinajstić information content (AvgIpc) is 0.891. The number of Topliss-reactive ketones (excluding diaryl/α,β-unsaturated/α-hetero) is 1. The molecule has 30 nitrogen and oxygen atoms in total. The summed E-state index contributed by atoms with van der Waals surface area (Å²) in [5.41, 5.74) is 15.9. The number of hydrogen-bond donors (Lipinski definition) is 2. The van der Waals surface area contributed by atoms with Gasteiger partial charge in [0.1, 0.15) is 17.3 Å². The summed E-state index contributed by atoms with van der Waals surface area (Å²) in [5.74, 6) is 7.80. The van der Waals surface area contributed by atoms with Crippen molar-refractivity contribution in [2.75, 3.05) is 123 Å². The molecule has 7 aliphatic carbocycles. The summed E-state index contributed by atoms with van der Waals surface area (Å²) < 4.78 is 89.4. The molecule has 0 bridgehead atoms. The van der Waals surface area contributed by atoms with Crippen molar-refractivity contribution in [3.05, 3.63) is 143 Å². The highest BCUT2D eigenvalue weighted by Crippen LogP contribution is 2.47. The van der Waals surface area contributed by atoms with E-state index < -0.39 is 34.9 Å². The summed E-state index contributed by atoms with van der Waals surface area (Å²) in [5, 5.41) is 9.91. The van der Waals surface area contributed by atoms with Crippen molar-refractivity contribution < 1.29 is 109 Å². The topological polar surface area (TPSA) is 356 Å². The predicted octanol–water partition coefficient (Wildman–Crippen LogP) is 19.8. The maximum atomic E-state index is 12.6. The molecule has 11 aliphatic rings. The van der Waals surface area contributed by atoms with Gasteiger partial charge in [0.05, 0.1) is 118 Å². The second-order valence-electron chi connectivity index (χ2n) is 39.9. The molecule has 7 unspecified atom stereocenters. The largest absolute Gasteiger partial charge is 0.493 e. The van der Waals surface area contributed by atoms with Crippen molar-refractivity contribution in [3.63, 3.8) is 0 Å². The Bertz CT molecular complexity index is 5020. The molecule has 6 aromatic carbocycles. The maximum Gasteiger partial charge on any atom is 0.410 e. The molecular formula is C111H153N7O23. The number of nitrogens with zero attached hydrogens (tertiary/aromatic N) is 5. The van der Waals surface area contributed by atoms with E-state index in [0.29, 0.717) is 104 Å². The third kappa shape index (κ3) is 30.0. The zero-order valence-electron chi connectivity index (χ0n) is 85.4. The van der Waals surface area contributed by atoms with Crippen LogP contribution in [0.15, 0.2) is 109 Å². The number of carbonyl (C=O) groups excluding carboxylic acids is 7. The molecule has 0 aromatic heterocycles. The molecule has 30 heteroatoms. The van der Waals surface area contributed by atoms with Gasteiger partial charge in [-0.3, -0.25) is 19.2 Å². The van der Waals surface area contributed by atoms with Crippen molar-refractivity contribution in [3.8, 4) is 75.1 Å². The fourth-order valence-corrected chi connectivity index (χ4v) is 21.2. The SMILES string of the molecule is COC(=O)C1CCC(C#N)(c2ccc(OC)c(OC3CCCC3)c2)CC1=O.COC(=O)C1CN(C(=O)OC(C)(C)C)CC1c1ccc(OC)c(OC2CCCC2)c1.COC(=O)N1CCC(c2ccc(OC)c(OC3CCCC3)c2)C1.COc1ccc(C2CCN(C(C)=O)C2)cc1OC1CCCC1.COc1ccc(C2CCN(C(N)=O)C2)cc1OC1CCCC1.COc1ccc(CCN)cc1OC1CCCC1. The van der Waals surface area contributed by atoms with Gasteiger partial charge in [0, 0.05) is 89.4 Å². The van der Waals surface area contributed by atoms with E-state index in [0.717, 1.165) is 199 Å². The Kier molecular flexibility index (Phi) is 40.5. The number of likely N-dealkylation sites (tertiary alicyclic amines) is 4. The molecule has 0 spiro atoms. The lowest BCUT2D eigenvalue weighted by atomic mass is 9.67. The first-order valence-corrected chi connectivity index (χ1v) is 51.1. The van der Waals surface area contributed by atoms with E-state index in [1.807, 2.05) is 86.3 Å². The highest BCUT2D eigenvalue weighted by atomic mass is 16.6. The van der Waals surface area contributed by atoms with Crippen LogP contribution in [0, 0.1) is 23.2 Å². The number of amides is 5. The first-order chi connectivity index (χ1) is 68.1. The number of urea groups is 1. The molecule has 0 radical (unpaired) electrons. The summed E-state index contributed by atoms with van der Waals surface area (Å²) in [7, 11) is 14.0. The number of esters is 2. The zero-order valence-corrected chi connectivity index (χ0v) is 85.4.